The van der Waals surface area contributed by atoms with Gasteiger partial charge in [0, 0.05) is 5.57 Å². The summed E-state index contributed by atoms with van der Waals surface area (Å²) in [5.41, 5.74) is 0.348. The minimum Gasteiger partial charge on any atom is -0.481 e. The standard InChI is InChI=1S/C7H12O3.C4H6O3/c1-5(2)7(9)10-4-6(3)8;1-3(5)2-4(6)7/h6,8H,1,4H2,2-3H3;2H2,1H3,(H,6,7). The third-order valence-electron chi connectivity index (χ3n) is 1.20. The predicted molar refractivity (Wildman–Crippen MR) is 60.4 cm³/mol. The second kappa shape index (κ2) is 9.53. The van der Waals surface area contributed by atoms with E-state index in [1.165, 1.54) is 6.92 Å². The minimum atomic E-state index is -1.06. The van der Waals surface area contributed by atoms with Gasteiger partial charge in [-0.05, 0) is 20.8 Å². The van der Waals surface area contributed by atoms with Crippen LogP contribution in [0.3, 0.4) is 0 Å². The Hall–Kier alpha value is -1.69. The molecule has 0 saturated heterocycles. The number of carbonyl (C=O) groups is 3. The van der Waals surface area contributed by atoms with Crippen molar-refractivity contribution in [3.8, 4) is 0 Å². The van der Waals surface area contributed by atoms with E-state index in [1.54, 1.807) is 13.8 Å². The zero-order valence-electron chi connectivity index (χ0n) is 10.2. The molecule has 17 heavy (non-hydrogen) atoms. The Bertz CT molecular complexity index is 280. The summed E-state index contributed by atoms with van der Waals surface area (Å²) in [5.74, 6) is -1.83. The van der Waals surface area contributed by atoms with Crippen molar-refractivity contribution >= 4 is 17.7 Å². The highest BCUT2D eigenvalue weighted by Crippen LogP contribution is 1.92. The van der Waals surface area contributed by atoms with Crippen molar-refractivity contribution in [1.29, 1.82) is 0 Å². The molecule has 0 aliphatic rings. The molecule has 6 nitrogen and oxygen atoms in total. The van der Waals surface area contributed by atoms with E-state index in [0.29, 0.717) is 5.57 Å². The predicted octanol–water partition coefficient (Wildman–Crippen LogP) is 0.537. The molecular formula is C11H18O6. The number of hydrogen-bond donors (Lipinski definition) is 2. The maximum absolute atomic E-state index is 10.6. The summed E-state index contributed by atoms with van der Waals surface area (Å²) in [7, 11) is 0. The maximum atomic E-state index is 10.6. The molecule has 6 heteroatoms. The van der Waals surface area contributed by atoms with Crippen molar-refractivity contribution in [1.82, 2.24) is 0 Å². The first-order chi connectivity index (χ1) is 7.66. The number of Topliss-reactive ketones (excluding diaryl/α,β-unsaturated/α-hetero) is 1. The van der Waals surface area contributed by atoms with E-state index in [9.17, 15) is 14.4 Å². The summed E-state index contributed by atoms with van der Waals surface area (Å²) in [6.07, 6.45) is -0.969. The number of esters is 1. The van der Waals surface area contributed by atoms with E-state index in [0.717, 1.165) is 0 Å². The van der Waals surface area contributed by atoms with Crippen LogP contribution in [0.5, 0.6) is 0 Å². The van der Waals surface area contributed by atoms with Crippen molar-refractivity contribution < 1.29 is 29.3 Å². The molecule has 0 aliphatic heterocycles. The second-order valence-electron chi connectivity index (χ2n) is 3.50. The van der Waals surface area contributed by atoms with Crippen molar-refractivity contribution in [2.75, 3.05) is 6.61 Å². The minimum absolute atomic E-state index is 0.0334. The van der Waals surface area contributed by atoms with Crippen molar-refractivity contribution in [2.24, 2.45) is 0 Å². The lowest BCUT2D eigenvalue weighted by molar-refractivity contribution is -0.142. The lowest BCUT2D eigenvalue weighted by atomic mass is 10.3. The van der Waals surface area contributed by atoms with E-state index < -0.39 is 18.0 Å². The Balaban J connectivity index is 0. The number of carbonyl (C=O) groups excluding carboxylic acids is 2. The Labute approximate surface area is 99.9 Å². The number of carboxylic acids is 1. The molecule has 0 amide bonds. The molecule has 0 radical (unpaired) electrons. The number of aliphatic hydroxyl groups excluding tert-OH is 1. The molecule has 0 aromatic heterocycles. The van der Waals surface area contributed by atoms with Gasteiger partial charge in [-0.3, -0.25) is 9.59 Å². The first-order valence-electron chi connectivity index (χ1n) is 4.88. The highest BCUT2D eigenvalue weighted by Gasteiger charge is 2.03. The van der Waals surface area contributed by atoms with Gasteiger partial charge >= 0.3 is 11.9 Å². The first-order valence-corrected chi connectivity index (χ1v) is 4.88. The fraction of sp³-hybridized carbons (Fsp3) is 0.545. The fourth-order valence-electron chi connectivity index (χ4n) is 0.532. The second-order valence-corrected chi connectivity index (χ2v) is 3.50. The van der Waals surface area contributed by atoms with Crippen LogP contribution in [0.15, 0.2) is 12.2 Å². The van der Waals surface area contributed by atoms with Crippen LogP contribution in [0.4, 0.5) is 0 Å². The van der Waals surface area contributed by atoms with Gasteiger partial charge in [-0.15, -0.1) is 0 Å². The molecule has 0 aliphatic carbocycles. The van der Waals surface area contributed by atoms with Gasteiger partial charge in [0.25, 0.3) is 0 Å². The third-order valence-corrected chi connectivity index (χ3v) is 1.20. The number of aliphatic carboxylic acids is 1. The van der Waals surface area contributed by atoms with Gasteiger partial charge in [0.2, 0.25) is 0 Å². The molecular weight excluding hydrogens is 228 g/mol. The molecule has 98 valence electrons. The zero-order valence-corrected chi connectivity index (χ0v) is 10.2. The van der Waals surface area contributed by atoms with Crippen LogP contribution in [0, 0.1) is 0 Å². The highest BCUT2D eigenvalue weighted by molar-refractivity contribution is 5.93. The summed E-state index contributed by atoms with van der Waals surface area (Å²) in [6.45, 7) is 7.76. The number of aliphatic hydroxyl groups is 1. The average Bonchev–Trinajstić information content (AvgIpc) is 2.12. The number of ether oxygens (including phenoxy) is 1. The summed E-state index contributed by atoms with van der Waals surface area (Å²) in [4.78, 5) is 30.1. The SMILES string of the molecule is C=C(C)C(=O)OCC(C)O.CC(=O)CC(=O)O. The molecule has 1 unspecified atom stereocenters. The van der Waals surface area contributed by atoms with E-state index in [-0.39, 0.29) is 18.8 Å². The van der Waals surface area contributed by atoms with Gasteiger partial charge in [-0.1, -0.05) is 6.58 Å². The van der Waals surface area contributed by atoms with Crippen LogP contribution in [-0.2, 0) is 19.1 Å². The van der Waals surface area contributed by atoms with Gasteiger partial charge in [0.15, 0.2) is 0 Å². The molecule has 0 bridgehead atoms. The van der Waals surface area contributed by atoms with Crippen LogP contribution < -0.4 is 0 Å². The molecule has 1 atom stereocenters. The van der Waals surface area contributed by atoms with Crippen molar-refractivity contribution in [2.45, 2.75) is 33.3 Å². The van der Waals surface area contributed by atoms with Gasteiger partial charge < -0.3 is 14.9 Å². The Morgan fingerprint density at radius 3 is 1.94 bits per heavy atom. The summed E-state index contributed by atoms with van der Waals surface area (Å²) in [5, 5.41) is 16.5. The Kier molecular flexibility index (Phi) is 9.92. The van der Waals surface area contributed by atoms with Gasteiger partial charge in [-0.25, -0.2) is 4.79 Å². The molecule has 2 N–H and O–H groups in total. The molecule has 0 aromatic rings. The highest BCUT2D eigenvalue weighted by atomic mass is 16.5. The number of hydrogen-bond acceptors (Lipinski definition) is 5. The normalized spacial score (nSPS) is 10.6. The summed E-state index contributed by atoms with van der Waals surface area (Å²) in [6, 6.07) is 0. The van der Waals surface area contributed by atoms with Crippen LogP contribution in [0.1, 0.15) is 27.2 Å². The molecule has 0 spiro atoms. The Morgan fingerprint density at radius 1 is 1.29 bits per heavy atom. The number of carboxylic acid groups (broad SMARTS) is 1. The topological polar surface area (TPSA) is 101 Å². The van der Waals surface area contributed by atoms with Gasteiger partial charge in [0.1, 0.15) is 18.8 Å². The molecule has 0 saturated carbocycles. The van der Waals surface area contributed by atoms with Crippen LogP contribution >= 0.6 is 0 Å². The molecule has 0 aromatic carbocycles. The monoisotopic (exact) mass is 246 g/mol. The third kappa shape index (κ3) is 17.0. The fourth-order valence-corrected chi connectivity index (χ4v) is 0.532. The van der Waals surface area contributed by atoms with E-state index in [2.05, 4.69) is 11.3 Å². The summed E-state index contributed by atoms with van der Waals surface area (Å²) < 4.78 is 4.58. The lowest BCUT2D eigenvalue weighted by Gasteiger charge is -2.04. The van der Waals surface area contributed by atoms with Crippen molar-refractivity contribution in [3.05, 3.63) is 12.2 Å². The number of rotatable bonds is 5. The molecule has 0 fully saturated rings. The summed E-state index contributed by atoms with van der Waals surface area (Å²) >= 11 is 0. The van der Waals surface area contributed by atoms with E-state index >= 15 is 0 Å². The van der Waals surface area contributed by atoms with E-state index in [1.807, 2.05) is 0 Å². The van der Waals surface area contributed by atoms with E-state index in [4.69, 9.17) is 10.2 Å². The Morgan fingerprint density at radius 2 is 1.76 bits per heavy atom. The van der Waals surface area contributed by atoms with Crippen LogP contribution in [0.25, 0.3) is 0 Å². The molecule has 0 rings (SSSR count). The maximum Gasteiger partial charge on any atom is 0.333 e. The van der Waals surface area contributed by atoms with Gasteiger partial charge in [-0.2, -0.15) is 0 Å². The van der Waals surface area contributed by atoms with Crippen LogP contribution in [-0.4, -0.2) is 40.6 Å². The lowest BCUT2D eigenvalue weighted by Crippen LogP contribution is -2.15. The average molecular weight is 246 g/mol. The first kappa shape index (κ1) is 17.7. The molecule has 0 heterocycles. The van der Waals surface area contributed by atoms with Gasteiger partial charge in [0.05, 0.1) is 6.10 Å². The largest absolute Gasteiger partial charge is 0.481 e. The zero-order chi connectivity index (χ0) is 14.0. The smallest absolute Gasteiger partial charge is 0.333 e. The van der Waals surface area contributed by atoms with Crippen LogP contribution in [0.2, 0.25) is 0 Å². The quantitative estimate of drug-likeness (QED) is 0.417. The number of ketones is 1. The van der Waals surface area contributed by atoms with Crippen molar-refractivity contribution in [3.63, 3.8) is 0 Å².